The highest BCUT2D eigenvalue weighted by Crippen LogP contribution is 2.41. The molecule has 1 aromatic heterocycles. The van der Waals surface area contributed by atoms with Crippen LogP contribution in [0.5, 0.6) is 5.75 Å². The van der Waals surface area contributed by atoms with Gasteiger partial charge in [-0.25, -0.2) is 0 Å². The van der Waals surface area contributed by atoms with E-state index in [0.717, 1.165) is 35.6 Å². The number of nitrogens with two attached hydrogens (primary N) is 1. The van der Waals surface area contributed by atoms with Gasteiger partial charge in [0.15, 0.2) is 0 Å². The fraction of sp³-hybridized carbons (Fsp3) is 0.353. The summed E-state index contributed by atoms with van der Waals surface area (Å²) in [6.07, 6.45) is 2.94. The summed E-state index contributed by atoms with van der Waals surface area (Å²) in [5, 5.41) is 0. The second-order valence-corrected chi connectivity index (χ2v) is 5.43. The molecule has 3 nitrogen and oxygen atoms in total. The van der Waals surface area contributed by atoms with Gasteiger partial charge in [-0.3, -0.25) is 4.98 Å². The Balaban J connectivity index is 0.00000161. The molecule has 3 rings (SSSR count). The van der Waals surface area contributed by atoms with E-state index in [1.807, 2.05) is 13.1 Å². The summed E-state index contributed by atoms with van der Waals surface area (Å²) in [6.45, 7) is 5.54. The lowest BCUT2D eigenvalue weighted by Gasteiger charge is -2.27. The van der Waals surface area contributed by atoms with Crippen molar-refractivity contribution in [2.24, 2.45) is 5.73 Å². The van der Waals surface area contributed by atoms with Crippen LogP contribution < -0.4 is 10.5 Å². The monoisotopic (exact) mass is 304 g/mol. The maximum atomic E-state index is 5.94. The van der Waals surface area contributed by atoms with E-state index in [2.05, 4.69) is 36.2 Å². The Morgan fingerprint density at radius 3 is 2.81 bits per heavy atom. The molecule has 0 amide bonds. The van der Waals surface area contributed by atoms with Crippen LogP contribution in [0.4, 0.5) is 0 Å². The number of aryl methyl sites for hydroxylation is 2. The highest BCUT2D eigenvalue weighted by molar-refractivity contribution is 5.85. The average molecular weight is 305 g/mol. The third-order valence-corrected chi connectivity index (χ3v) is 4.02. The van der Waals surface area contributed by atoms with E-state index in [1.165, 1.54) is 11.1 Å². The average Bonchev–Trinajstić information content (AvgIpc) is 2.46. The van der Waals surface area contributed by atoms with Gasteiger partial charge in [-0.2, -0.15) is 0 Å². The molecule has 1 aliphatic heterocycles. The van der Waals surface area contributed by atoms with Crippen LogP contribution in [0.1, 0.15) is 29.2 Å². The minimum Gasteiger partial charge on any atom is -0.493 e. The first-order valence-corrected chi connectivity index (χ1v) is 7.10. The highest BCUT2D eigenvalue weighted by Gasteiger charge is 2.23. The second kappa shape index (κ2) is 6.46. The molecule has 112 valence electrons. The van der Waals surface area contributed by atoms with Crippen molar-refractivity contribution in [3.8, 4) is 16.9 Å². The molecule has 1 aromatic carbocycles. The van der Waals surface area contributed by atoms with E-state index < -0.39 is 0 Å². The molecule has 4 heteroatoms. The number of hydrogen-bond donors (Lipinski definition) is 1. The first-order valence-electron chi connectivity index (χ1n) is 7.10. The Bertz CT molecular complexity index is 643. The molecule has 2 aromatic rings. The zero-order valence-corrected chi connectivity index (χ0v) is 13.2. The van der Waals surface area contributed by atoms with Crippen molar-refractivity contribution in [2.45, 2.75) is 26.2 Å². The third-order valence-electron chi connectivity index (χ3n) is 4.02. The standard InChI is InChI=1S/C17H20N2O.ClH/c1-11-8-12(2)19-10-16(11)15-5-3-4-14-13(9-18)6-7-20-17(14)15;/h3-5,8,10,13H,6-7,9,18H2,1-2H3;1H/t13-;/m0./s1. The molecule has 2 N–H and O–H groups in total. The van der Waals surface area contributed by atoms with E-state index in [-0.39, 0.29) is 12.4 Å². The van der Waals surface area contributed by atoms with Crippen molar-refractivity contribution >= 4 is 12.4 Å². The summed E-state index contributed by atoms with van der Waals surface area (Å²) in [5.41, 5.74) is 11.7. The molecule has 1 atom stereocenters. The second-order valence-electron chi connectivity index (χ2n) is 5.43. The lowest BCUT2D eigenvalue weighted by Crippen LogP contribution is -2.21. The molecule has 0 radical (unpaired) electrons. The van der Waals surface area contributed by atoms with Crippen LogP contribution in [0.25, 0.3) is 11.1 Å². The predicted molar refractivity (Wildman–Crippen MR) is 88.3 cm³/mol. The van der Waals surface area contributed by atoms with Crippen molar-refractivity contribution in [3.05, 3.63) is 47.3 Å². The predicted octanol–water partition coefficient (Wildman–Crippen LogP) is 3.61. The molecule has 0 saturated carbocycles. The summed E-state index contributed by atoms with van der Waals surface area (Å²) in [7, 11) is 0. The van der Waals surface area contributed by atoms with Crippen molar-refractivity contribution in [2.75, 3.05) is 13.2 Å². The molecule has 2 heterocycles. The summed E-state index contributed by atoms with van der Waals surface area (Å²) in [4.78, 5) is 4.42. The van der Waals surface area contributed by atoms with E-state index in [0.29, 0.717) is 12.5 Å². The molecule has 0 aliphatic carbocycles. The summed E-state index contributed by atoms with van der Waals surface area (Å²) in [5.74, 6) is 1.39. The molecule has 0 unspecified atom stereocenters. The van der Waals surface area contributed by atoms with E-state index >= 15 is 0 Å². The lowest BCUT2D eigenvalue weighted by molar-refractivity contribution is 0.270. The number of hydrogen-bond acceptors (Lipinski definition) is 3. The number of aromatic nitrogens is 1. The number of ether oxygens (including phenoxy) is 1. The first kappa shape index (κ1) is 15.8. The number of rotatable bonds is 2. The van der Waals surface area contributed by atoms with Gasteiger partial charge < -0.3 is 10.5 Å². The van der Waals surface area contributed by atoms with Crippen LogP contribution in [0.2, 0.25) is 0 Å². The number of fused-ring (bicyclic) bond motifs is 1. The zero-order valence-electron chi connectivity index (χ0n) is 12.4. The number of nitrogens with zero attached hydrogens (tertiary/aromatic N) is 1. The quantitative estimate of drug-likeness (QED) is 0.922. The summed E-state index contributed by atoms with van der Waals surface area (Å²) in [6, 6.07) is 8.44. The largest absolute Gasteiger partial charge is 0.493 e. The Kier molecular flexibility index (Phi) is 4.86. The van der Waals surface area contributed by atoms with Gasteiger partial charge in [0.05, 0.1) is 6.61 Å². The van der Waals surface area contributed by atoms with Gasteiger partial charge in [-0.05, 0) is 44.0 Å². The van der Waals surface area contributed by atoms with Crippen LogP contribution >= 0.6 is 12.4 Å². The fourth-order valence-corrected chi connectivity index (χ4v) is 2.93. The van der Waals surface area contributed by atoms with Crippen LogP contribution in [-0.2, 0) is 0 Å². The normalized spacial score (nSPS) is 16.6. The van der Waals surface area contributed by atoms with Crippen molar-refractivity contribution in [1.82, 2.24) is 4.98 Å². The van der Waals surface area contributed by atoms with Gasteiger partial charge in [0.25, 0.3) is 0 Å². The molecule has 0 bridgehead atoms. The van der Waals surface area contributed by atoms with Gasteiger partial charge >= 0.3 is 0 Å². The first-order chi connectivity index (χ1) is 9.70. The van der Waals surface area contributed by atoms with E-state index in [1.54, 1.807) is 0 Å². The van der Waals surface area contributed by atoms with Gasteiger partial charge in [0, 0.05) is 28.9 Å². The smallest absolute Gasteiger partial charge is 0.130 e. The van der Waals surface area contributed by atoms with Crippen LogP contribution in [0.15, 0.2) is 30.5 Å². The topological polar surface area (TPSA) is 48.1 Å². The minimum absolute atomic E-state index is 0. The van der Waals surface area contributed by atoms with Gasteiger partial charge in [0.2, 0.25) is 0 Å². The molecular formula is C17H21ClN2O. The highest BCUT2D eigenvalue weighted by atomic mass is 35.5. The van der Waals surface area contributed by atoms with Crippen molar-refractivity contribution < 1.29 is 4.74 Å². The summed E-state index contributed by atoms with van der Waals surface area (Å²) >= 11 is 0. The SMILES string of the molecule is Cc1cc(C)c(-c2cccc3c2OCC[C@H]3CN)cn1.Cl. The molecular weight excluding hydrogens is 284 g/mol. The van der Waals surface area contributed by atoms with Crippen molar-refractivity contribution in [3.63, 3.8) is 0 Å². The summed E-state index contributed by atoms with van der Waals surface area (Å²) < 4.78 is 5.94. The molecule has 0 saturated heterocycles. The Morgan fingerprint density at radius 1 is 1.29 bits per heavy atom. The number of para-hydroxylation sites is 1. The van der Waals surface area contributed by atoms with Crippen LogP contribution in [0.3, 0.4) is 0 Å². The van der Waals surface area contributed by atoms with Gasteiger partial charge in [-0.15, -0.1) is 12.4 Å². The Morgan fingerprint density at radius 2 is 2.10 bits per heavy atom. The number of pyridine rings is 1. The van der Waals surface area contributed by atoms with Crippen molar-refractivity contribution in [1.29, 1.82) is 0 Å². The zero-order chi connectivity index (χ0) is 14.1. The lowest BCUT2D eigenvalue weighted by atomic mass is 9.89. The molecule has 0 spiro atoms. The van der Waals surface area contributed by atoms with Crippen LogP contribution in [0, 0.1) is 13.8 Å². The third kappa shape index (κ3) is 2.89. The van der Waals surface area contributed by atoms with Gasteiger partial charge in [-0.1, -0.05) is 18.2 Å². The Labute approximate surface area is 131 Å². The van der Waals surface area contributed by atoms with Crippen LogP contribution in [-0.4, -0.2) is 18.1 Å². The number of benzene rings is 1. The maximum Gasteiger partial charge on any atom is 0.130 e. The maximum absolute atomic E-state index is 5.94. The molecule has 1 aliphatic rings. The molecule has 0 fully saturated rings. The Hall–Kier alpha value is -1.58. The van der Waals surface area contributed by atoms with Gasteiger partial charge in [0.1, 0.15) is 5.75 Å². The van der Waals surface area contributed by atoms with E-state index in [9.17, 15) is 0 Å². The fourth-order valence-electron chi connectivity index (χ4n) is 2.93. The minimum atomic E-state index is 0. The molecule has 21 heavy (non-hydrogen) atoms. The number of halogens is 1. The van der Waals surface area contributed by atoms with E-state index in [4.69, 9.17) is 10.5 Å².